The Morgan fingerprint density at radius 2 is 1.85 bits per heavy atom. The molecule has 1 aromatic carbocycles. The van der Waals surface area contributed by atoms with E-state index in [9.17, 15) is 0 Å². The van der Waals surface area contributed by atoms with Crippen LogP contribution in [-0.2, 0) is 6.42 Å². The van der Waals surface area contributed by atoms with Crippen LogP contribution in [0.1, 0.15) is 48.7 Å². The van der Waals surface area contributed by atoms with Crippen LogP contribution in [0.4, 0.5) is 0 Å². The van der Waals surface area contributed by atoms with E-state index in [1.165, 1.54) is 16.0 Å². The summed E-state index contributed by atoms with van der Waals surface area (Å²) in [5.74, 6) is 0.584. The molecule has 1 unspecified atom stereocenters. The molecular weight excluding hydrogens is 286 g/mol. The zero-order valence-electron chi connectivity index (χ0n) is 12.3. The van der Waals surface area contributed by atoms with Gasteiger partial charge in [0, 0.05) is 10.9 Å². The molecule has 1 nitrogen and oxygen atoms in total. The molecule has 0 spiro atoms. The Morgan fingerprint density at radius 3 is 2.35 bits per heavy atom. The van der Waals surface area contributed by atoms with E-state index in [0.29, 0.717) is 12.0 Å². The third-order valence-electron chi connectivity index (χ3n) is 3.50. The van der Waals surface area contributed by atoms with Crippen molar-refractivity contribution in [2.24, 2.45) is 0 Å². The highest BCUT2D eigenvalue weighted by Gasteiger charge is 2.15. The molecule has 1 N–H and O–H groups in total. The molecule has 0 saturated carbocycles. The normalized spacial score (nSPS) is 12.8. The summed E-state index contributed by atoms with van der Waals surface area (Å²) in [6.45, 7) is 7.53. The average molecular weight is 308 g/mol. The predicted molar refractivity (Wildman–Crippen MR) is 90.0 cm³/mol. The van der Waals surface area contributed by atoms with Crippen molar-refractivity contribution in [1.29, 1.82) is 0 Å². The fraction of sp³-hybridized carbons (Fsp3) is 0.412. The lowest BCUT2D eigenvalue weighted by molar-refractivity contribution is 0.558. The molecule has 0 fully saturated rings. The van der Waals surface area contributed by atoms with Crippen molar-refractivity contribution >= 4 is 22.9 Å². The Hall–Kier alpha value is -0.830. The second-order valence-electron chi connectivity index (χ2n) is 5.34. The van der Waals surface area contributed by atoms with E-state index in [-0.39, 0.29) is 0 Å². The fourth-order valence-electron chi connectivity index (χ4n) is 2.33. The van der Waals surface area contributed by atoms with E-state index in [1.807, 2.05) is 6.07 Å². The van der Waals surface area contributed by atoms with Crippen molar-refractivity contribution in [2.75, 3.05) is 6.54 Å². The summed E-state index contributed by atoms with van der Waals surface area (Å²) >= 11 is 8.00. The van der Waals surface area contributed by atoms with Crippen LogP contribution in [0.2, 0.25) is 5.02 Å². The molecule has 1 atom stereocenters. The Kier molecular flexibility index (Phi) is 5.64. The summed E-state index contributed by atoms with van der Waals surface area (Å²) < 4.78 is 0. The highest BCUT2D eigenvalue weighted by molar-refractivity contribution is 7.10. The Balaban J connectivity index is 2.14. The van der Waals surface area contributed by atoms with Gasteiger partial charge in [0.25, 0.3) is 0 Å². The van der Waals surface area contributed by atoms with E-state index >= 15 is 0 Å². The quantitative estimate of drug-likeness (QED) is 0.751. The largest absolute Gasteiger partial charge is 0.309 e. The smallest absolute Gasteiger partial charge is 0.0561 e. The van der Waals surface area contributed by atoms with Gasteiger partial charge in [-0.15, -0.1) is 11.3 Å². The minimum atomic E-state index is 0.303. The Labute approximate surface area is 131 Å². The number of nitrogens with one attached hydrogen (secondary N) is 1. The standard InChI is InChI=1S/C17H22ClNS/c1-4-19-16(17-15(18)9-10-20-17)11-13-5-7-14(8-6-13)12(2)3/h5-10,12,16,19H,4,11H2,1-3H3. The van der Waals surface area contributed by atoms with Crippen LogP contribution in [0.3, 0.4) is 0 Å². The van der Waals surface area contributed by atoms with Gasteiger partial charge in [-0.2, -0.15) is 0 Å². The van der Waals surface area contributed by atoms with Gasteiger partial charge in [-0.3, -0.25) is 0 Å². The maximum Gasteiger partial charge on any atom is 0.0561 e. The lowest BCUT2D eigenvalue weighted by atomic mass is 9.98. The van der Waals surface area contributed by atoms with Crippen molar-refractivity contribution < 1.29 is 0 Å². The summed E-state index contributed by atoms with van der Waals surface area (Å²) in [6.07, 6.45) is 0.979. The van der Waals surface area contributed by atoms with Crippen molar-refractivity contribution in [3.05, 3.63) is 56.7 Å². The van der Waals surface area contributed by atoms with E-state index in [4.69, 9.17) is 11.6 Å². The van der Waals surface area contributed by atoms with Crippen LogP contribution in [-0.4, -0.2) is 6.54 Å². The van der Waals surface area contributed by atoms with Crippen molar-refractivity contribution in [3.63, 3.8) is 0 Å². The number of rotatable bonds is 6. The van der Waals surface area contributed by atoms with Crippen molar-refractivity contribution in [1.82, 2.24) is 5.32 Å². The molecule has 0 aliphatic carbocycles. The zero-order valence-corrected chi connectivity index (χ0v) is 13.9. The summed E-state index contributed by atoms with van der Waals surface area (Å²) in [4.78, 5) is 1.24. The maximum absolute atomic E-state index is 6.27. The highest BCUT2D eigenvalue weighted by Crippen LogP contribution is 2.31. The molecule has 0 aliphatic rings. The van der Waals surface area contributed by atoms with Gasteiger partial charge in [-0.05, 0) is 41.5 Å². The number of halogens is 1. The first-order chi connectivity index (χ1) is 9.61. The first-order valence-electron chi connectivity index (χ1n) is 7.17. The number of hydrogen-bond acceptors (Lipinski definition) is 2. The van der Waals surface area contributed by atoms with Gasteiger partial charge >= 0.3 is 0 Å². The summed E-state index contributed by atoms with van der Waals surface area (Å²) in [6, 6.07) is 11.2. The minimum absolute atomic E-state index is 0.303. The van der Waals surface area contributed by atoms with E-state index in [0.717, 1.165) is 18.0 Å². The predicted octanol–water partition coefficient (Wildman–Crippen LogP) is 5.42. The molecule has 1 aromatic heterocycles. The lowest BCUT2D eigenvalue weighted by Crippen LogP contribution is -2.22. The molecular formula is C17H22ClNS. The van der Waals surface area contributed by atoms with Gasteiger partial charge in [0.2, 0.25) is 0 Å². The van der Waals surface area contributed by atoms with Gasteiger partial charge in [-0.1, -0.05) is 56.6 Å². The second kappa shape index (κ2) is 7.26. The molecule has 0 radical (unpaired) electrons. The molecule has 0 saturated heterocycles. The molecule has 2 aromatic rings. The van der Waals surface area contributed by atoms with E-state index in [2.05, 4.69) is 55.7 Å². The highest BCUT2D eigenvalue weighted by atomic mass is 35.5. The number of benzene rings is 1. The van der Waals surface area contributed by atoms with Crippen molar-refractivity contribution in [2.45, 2.75) is 39.2 Å². The van der Waals surface area contributed by atoms with Crippen LogP contribution in [0.15, 0.2) is 35.7 Å². The van der Waals surface area contributed by atoms with Crippen LogP contribution >= 0.6 is 22.9 Å². The molecule has 0 bridgehead atoms. The van der Waals surface area contributed by atoms with Crippen LogP contribution in [0.5, 0.6) is 0 Å². The van der Waals surface area contributed by atoms with E-state index in [1.54, 1.807) is 11.3 Å². The SMILES string of the molecule is CCNC(Cc1ccc(C(C)C)cc1)c1sccc1Cl. The molecule has 2 rings (SSSR count). The molecule has 108 valence electrons. The van der Waals surface area contributed by atoms with Gasteiger partial charge in [0.15, 0.2) is 0 Å². The first-order valence-corrected chi connectivity index (χ1v) is 8.42. The second-order valence-corrected chi connectivity index (χ2v) is 6.70. The molecule has 20 heavy (non-hydrogen) atoms. The molecule has 0 aliphatic heterocycles. The monoisotopic (exact) mass is 307 g/mol. The van der Waals surface area contributed by atoms with Crippen LogP contribution in [0.25, 0.3) is 0 Å². The van der Waals surface area contributed by atoms with Gasteiger partial charge < -0.3 is 5.32 Å². The number of likely N-dealkylation sites (N-methyl/N-ethyl adjacent to an activating group) is 1. The van der Waals surface area contributed by atoms with Crippen LogP contribution in [0, 0.1) is 0 Å². The third kappa shape index (κ3) is 3.85. The first kappa shape index (κ1) is 15.6. The summed E-state index contributed by atoms with van der Waals surface area (Å²) in [7, 11) is 0. The summed E-state index contributed by atoms with van der Waals surface area (Å²) in [5.41, 5.74) is 2.74. The molecule has 3 heteroatoms. The van der Waals surface area contributed by atoms with Gasteiger partial charge in [-0.25, -0.2) is 0 Å². The summed E-state index contributed by atoms with van der Waals surface area (Å²) in [5, 5.41) is 6.47. The van der Waals surface area contributed by atoms with Gasteiger partial charge in [0.1, 0.15) is 0 Å². The van der Waals surface area contributed by atoms with Crippen LogP contribution < -0.4 is 5.32 Å². The average Bonchev–Trinajstić information content (AvgIpc) is 2.85. The number of thiophene rings is 1. The maximum atomic E-state index is 6.27. The molecule has 0 amide bonds. The molecule has 1 heterocycles. The van der Waals surface area contributed by atoms with E-state index < -0.39 is 0 Å². The topological polar surface area (TPSA) is 12.0 Å². The minimum Gasteiger partial charge on any atom is -0.309 e. The fourth-order valence-corrected chi connectivity index (χ4v) is 3.60. The lowest BCUT2D eigenvalue weighted by Gasteiger charge is -2.17. The third-order valence-corrected chi connectivity index (χ3v) is 4.97. The number of hydrogen-bond donors (Lipinski definition) is 1. The Morgan fingerprint density at radius 1 is 1.15 bits per heavy atom. The van der Waals surface area contributed by atoms with Gasteiger partial charge in [0.05, 0.1) is 5.02 Å². The van der Waals surface area contributed by atoms with Crippen molar-refractivity contribution in [3.8, 4) is 0 Å². The Bertz CT molecular complexity index is 530. The zero-order chi connectivity index (χ0) is 14.5.